The Kier molecular flexibility index (Phi) is 3.65. The van der Waals surface area contributed by atoms with Crippen LogP contribution in [0.4, 0.5) is 4.39 Å². The summed E-state index contributed by atoms with van der Waals surface area (Å²) in [4.78, 5) is 10.8. The summed E-state index contributed by atoms with van der Waals surface area (Å²) in [6, 6.07) is 1.94. The fraction of sp³-hybridized carbons (Fsp3) is 0.417. The Labute approximate surface area is 94.1 Å². The minimum absolute atomic E-state index is 0.396. The predicted octanol–water partition coefficient (Wildman–Crippen LogP) is 1.96. The topological polar surface area (TPSA) is 63.3 Å². The summed E-state index contributed by atoms with van der Waals surface area (Å²) >= 11 is 0. The fourth-order valence-corrected chi connectivity index (χ4v) is 1.76. The minimum atomic E-state index is -1.12. The van der Waals surface area contributed by atoms with Gasteiger partial charge in [0.15, 0.2) is 0 Å². The molecule has 0 saturated carbocycles. The fourth-order valence-electron chi connectivity index (χ4n) is 1.76. The first-order chi connectivity index (χ1) is 7.36. The summed E-state index contributed by atoms with van der Waals surface area (Å²) in [7, 11) is 0. The molecule has 3 N–H and O–H groups in total. The molecule has 0 aliphatic rings. The molecule has 2 unspecified atom stereocenters. The number of benzene rings is 1. The van der Waals surface area contributed by atoms with Gasteiger partial charge in [0.25, 0.3) is 0 Å². The van der Waals surface area contributed by atoms with E-state index in [1.54, 1.807) is 19.9 Å². The summed E-state index contributed by atoms with van der Waals surface area (Å²) < 4.78 is 13.7. The van der Waals surface area contributed by atoms with Crippen molar-refractivity contribution in [2.45, 2.75) is 32.7 Å². The molecule has 1 aromatic rings. The van der Waals surface area contributed by atoms with Gasteiger partial charge in [0.05, 0.1) is 0 Å². The maximum Gasteiger partial charge on any atom is 0.321 e. The smallest absolute Gasteiger partial charge is 0.321 e. The molecule has 0 bridgehead atoms. The number of nitrogens with two attached hydrogens (primary N) is 1. The van der Waals surface area contributed by atoms with Crippen molar-refractivity contribution in [2.75, 3.05) is 0 Å². The second-order valence-corrected chi connectivity index (χ2v) is 4.06. The molecule has 3 nitrogen and oxygen atoms in total. The Morgan fingerprint density at radius 2 is 2.00 bits per heavy atom. The number of carbonyl (C=O) groups is 1. The van der Waals surface area contributed by atoms with Crippen molar-refractivity contribution >= 4 is 5.97 Å². The second-order valence-electron chi connectivity index (χ2n) is 4.06. The monoisotopic (exact) mass is 225 g/mol. The molecule has 1 rings (SSSR count). The number of aliphatic carboxylic acids is 1. The normalized spacial score (nSPS) is 14.6. The standard InChI is InChI=1S/C12H16FNO2/c1-6-4-5-9(13)10(7(6)2)8(3)11(14)12(15)16/h4-5,8,11H,14H2,1-3H3,(H,15,16). The number of rotatable bonds is 3. The van der Waals surface area contributed by atoms with Crippen LogP contribution in [0.3, 0.4) is 0 Å². The van der Waals surface area contributed by atoms with Gasteiger partial charge in [-0.3, -0.25) is 4.79 Å². The molecular weight excluding hydrogens is 209 g/mol. The average Bonchev–Trinajstić information content (AvgIpc) is 2.22. The van der Waals surface area contributed by atoms with Crippen LogP contribution in [0.5, 0.6) is 0 Å². The van der Waals surface area contributed by atoms with Crippen molar-refractivity contribution in [1.29, 1.82) is 0 Å². The third-order valence-corrected chi connectivity index (χ3v) is 3.01. The van der Waals surface area contributed by atoms with E-state index in [1.165, 1.54) is 6.07 Å². The van der Waals surface area contributed by atoms with Crippen LogP contribution in [-0.2, 0) is 4.79 Å². The van der Waals surface area contributed by atoms with Gasteiger partial charge < -0.3 is 10.8 Å². The zero-order chi connectivity index (χ0) is 12.5. The molecule has 0 radical (unpaired) electrons. The highest BCUT2D eigenvalue weighted by atomic mass is 19.1. The van der Waals surface area contributed by atoms with E-state index in [-0.39, 0.29) is 0 Å². The maximum atomic E-state index is 13.7. The van der Waals surface area contributed by atoms with Gasteiger partial charge in [-0.15, -0.1) is 0 Å². The summed E-state index contributed by atoms with van der Waals surface area (Å²) in [6.07, 6.45) is 0. The van der Waals surface area contributed by atoms with Crippen molar-refractivity contribution in [3.05, 3.63) is 34.6 Å². The van der Waals surface area contributed by atoms with E-state index in [0.29, 0.717) is 5.56 Å². The van der Waals surface area contributed by atoms with Crippen LogP contribution in [0.25, 0.3) is 0 Å². The number of halogens is 1. The molecule has 16 heavy (non-hydrogen) atoms. The second kappa shape index (κ2) is 4.61. The highest BCUT2D eigenvalue weighted by Crippen LogP contribution is 2.27. The molecule has 0 heterocycles. The van der Waals surface area contributed by atoms with Crippen LogP contribution in [0.2, 0.25) is 0 Å². The quantitative estimate of drug-likeness (QED) is 0.826. The highest BCUT2D eigenvalue weighted by molar-refractivity contribution is 5.74. The SMILES string of the molecule is Cc1ccc(F)c(C(C)C(N)C(=O)O)c1C. The molecule has 0 aliphatic heterocycles. The molecular formula is C12H16FNO2. The summed E-state index contributed by atoms with van der Waals surface area (Å²) in [5.74, 6) is -2.06. The zero-order valence-electron chi connectivity index (χ0n) is 9.62. The van der Waals surface area contributed by atoms with Gasteiger partial charge >= 0.3 is 5.97 Å². The van der Waals surface area contributed by atoms with Gasteiger partial charge in [0, 0.05) is 5.92 Å². The van der Waals surface area contributed by atoms with Crippen LogP contribution in [0.15, 0.2) is 12.1 Å². The van der Waals surface area contributed by atoms with Gasteiger partial charge in [-0.05, 0) is 36.6 Å². The van der Waals surface area contributed by atoms with Gasteiger partial charge in [-0.25, -0.2) is 4.39 Å². The van der Waals surface area contributed by atoms with Crippen LogP contribution in [0, 0.1) is 19.7 Å². The third kappa shape index (κ3) is 2.22. The molecule has 2 atom stereocenters. The maximum absolute atomic E-state index is 13.7. The number of hydrogen-bond acceptors (Lipinski definition) is 2. The molecule has 1 aromatic carbocycles. The zero-order valence-corrected chi connectivity index (χ0v) is 9.62. The van der Waals surface area contributed by atoms with Crippen molar-refractivity contribution < 1.29 is 14.3 Å². The summed E-state index contributed by atoms with van der Waals surface area (Å²) in [5.41, 5.74) is 7.61. The van der Waals surface area contributed by atoms with Crippen molar-refractivity contribution in [3.8, 4) is 0 Å². The number of aryl methyl sites for hydroxylation is 1. The van der Waals surface area contributed by atoms with Crippen LogP contribution < -0.4 is 5.73 Å². The Bertz CT molecular complexity index is 418. The van der Waals surface area contributed by atoms with Gasteiger partial charge in [0.2, 0.25) is 0 Å². The highest BCUT2D eigenvalue weighted by Gasteiger charge is 2.25. The average molecular weight is 225 g/mol. The van der Waals surface area contributed by atoms with E-state index < -0.39 is 23.7 Å². The molecule has 88 valence electrons. The number of hydrogen-bond donors (Lipinski definition) is 2. The first kappa shape index (κ1) is 12.6. The lowest BCUT2D eigenvalue weighted by Gasteiger charge is -2.20. The molecule has 4 heteroatoms. The van der Waals surface area contributed by atoms with Crippen molar-refractivity contribution in [1.82, 2.24) is 0 Å². The molecule has 0 fully saturated rings. The molecule has 0 aromatic heterocycles. The van der Waals surface area contributed by atoms with E-state index >= 15 is 0 Å². The lowest BCUT2D eigenvalue weighted by molar-refractivity contribution is -0.139. The molecule has 0 spiro atoms. The predicted molar refractivity (Wildman–Crippen MR) is 59.9 cm³/mol. The Balaban J connectivity index is 3.22. The third-order valence-electron chi connectivity index (χ3n) is 3.01. The molecule has 0 amide bonds. The van der Waals surface area contributed by atoms with Crippen molar-refractivity contribution in [3.63, 3.8) is 0 Å². The Hall–Kier alpha value is -1.42. The van der Waals surface area contributed by atoms with Crippen LogP contribution in [0.1, 0.15) is 29.5 Å². The number of carboxylic acids is 1. The van der Waals surface area contributed by atoms with Gasteiger partial charge in [-0.1, -0.05) is 13.0 Å². The summed E-state index contributed by atoms with van der Waals surface area (Å²) in [5, 5.41) is 8.82. The van der Waals surface area contributed by atoms with Gasteiger partial charge in [-0.2, -0.15) is 0 Å². The lowest BCUT2D eigenvalue weighted by atomic mass is 9.88. The molecule has 0 saturated heterocycles. The van der Waals surface area contributed by atoms with E-state index in [4.69, 9.17) is 10.8 Å². The van der Waals surface area contributed by atoms with E-state index in [9.17, 15) is 9.18 Å². The first-order valence-electron chi connectivity index (χ1n) is 5.10. The first-order valence-corrected chi connectivity index (χ1v) is 5.10. The van der Waals surface area contributed by atoms with Crippen LogP contribution in [-0.4, -0.2) is 17.1 Å². The van der Waals surface area contributed by atoms with E-state index in [2.05, 4.69) is 0 Å². The van der Waals surface area contributed by atoms with E-state index in [0.717, 1.165) is 11.1 Å². The molecule has 0 aliphatic carbocycles. The minimum Gasteiger partial charge on any atom is -0.480 e. The van der Waals surface area contributed by atoms with Crippen molar-refractivity contribution in [2.24, 2.45) is 5.73 Å². The Morgan fingerprint density at radius 1 is 1.44 bits per heavy atom. The van der Waals surface area contributed by atoms with E-state index in [1.807, 2.05) is 6.92 Å². The summed E-state index contributed by atoms with van der Waals surface area (Å²) in [6.45, 7) is 5.26. The van der Waals surface area contributed by atoms with Crippen LogP contribution >= 0.6 is 0 Å². The van der Waals surface area contributed by atoms with Gasteiger partial charge in [0.1, 0.15) is 11.9 Å². The largest absolute Gasteiger partial charge is 0.480 e. The lowest BCUT2D eigenvalue weighted by Crippen LogP contribution is -2.36. The Morgan fingerprint density at radius 3 is 2.50 bits per heavy atom. The number of carboxylic acid groups (broad SMARTS) is 1.